The van der Waals surface area contributed by atoms with Crippen LogP contribution in [-0.2, 0) is 6.42 Å². The van der Waals surface area contributed by atoms with Gasteiger partial charge in [0.25, 0.3) is 5.91 Å². The normalized spacial score (nSPS) is 10.5. The van der Waals surface area contributed by atoms with Gasteiger partial charge in [-0.25, -0.2) is 4.98 Å². The zero-order valence-electron chi connectivity index (χ0n) is 12.5. The molecule has 0 atom stereocenters. The van der Waals surface area contributed by atoms with Crippen LogP contribution < -0.4 is 5.32 Å². The molecule has 0 saturated heterocycles. The lowest BCUT2D eigenvalue weighted by atomic mass is 10.1. The van der Waals surface area contributed by atoms with Crippen molar-refractivity contribution >= 4 is 23.2 Å². The van der Waals surface area contributed by atoms with Gasteiger partial charge in [-0.1, -0.05) is 31.0 Å². The average Bonchev–Trinajstić information content (AvgIpc) is 2.42. The number of nitrogens with one attached hydrogen (secondary N) is 1. The van der Waals surface area contributed by atoms with Crippen molar-refractivity contribution in [2.45, 2.75) is 33.6 Å². The Kier molecular flexibility index (Phi) is 4.97. The Morgan fingerprint density at radius 2 is 1.95 bits per heavy atom. The van der Waals surface area contributed by atoms with Crippen molar-refractivity contribution in [3.8, 4) is 0 Å². The number of aryl methyl sites for hydroxylation is 3. The molecule has 0 aliphatic rings. The highest BCUT2D eigenvalue weighted by Crippen LogP contribution is 2.17. The average molecular weight is 303 g/mol. The Morgan fingerprint density at radius 1 is 1.19 bits per heavy atom. The number of nitrogens with zero attached hydrogens (tertiary/aromatic N) is 1. The zero-order valence-corrected chi connectivity index (χ0v) is 13.3. The third-order valence-electron chi connectivity index (χ3n) is 3.38. The minimum atomic E-state index is -0.167. The van der Waals surface area contributed by atoms with Crippen LogP contribution in [0.2, 0.25) is 5.15 Å². The fraction of sp³-hybridized carbons (Fsp3) is 0.294. The molecule has 21 heavy (non-hydrogen) atoms. The Bertz CT molecular complexity index is 668. The first kappa shape index (κ1) is 15.5. The summed E-state index contributed by atoms with van der Waals surface area (Å²) in [5.74, 6) is -0.167. The Hall–Kier alpha value is -1.87. The highest BCUT2D eigenvalue weighted by Gasteiger charge is 2.10. The van der Waals surface area contributed by atoms with Crippen molar-refractivity contribution in [3.63, 3.8) is 0 Å². The summed E-state index contributed by atoms with van der Waals surface area (Å²) in [7, 11) is 0. The topological polar surface area (TPSA) is 42.0 Å². The molecule has 110 valence electrons. The molecule has 0 unspecified atom stereocenters. The molecule has 1 heterocycles. The van der Waals surface area contributed by atoms with Gasteiger partial charge in [0.2, 0.25) is 0 Å². The standard InChI is InChI=1S/C17H19ClN2O/c1-4-5-14-9-13(10-16(18)19-14)17(21)20-15-7-6-11(2)12(3)8-15/h6-10H,4-5H2,1-3H3,(H,20,21). The van der Waals surface area contributed by atoms with Crippen molar-refractivity contribution in [2.75, 3.05) is 5.32 Å². The van der Waals surface area contributed by atoms with Gasteiger partial charge in [0.05, 0.1) is 0 Å². The van der Waals surface area contributed by atoms with Crippen LogP contribution in [0.4, 0.5) is 5.69 Å². The Labute approximate surface area is 130 Å². The summed E-state index contributed by atoms with van der Waals surface area (Å²) in [5, 5.41) is 3.25. The maximum atomic E-state index is 12.3. The molecule has 0 bridgehead atoms. The van der Waals surface area contributed by atoms with E-state index in [9.17, 15) is 4.79 Å². The first-order valence-electron chi connectivity index (χ1n) is 7.04. The van der Waals surface area contributed by atoms with Crippen molar-refractivity contribution in [3.05, 3.63) is 57.9 Å². The van der Waals surface area contributed by atoms with Gasteiger partial charge in [-0.3, -0.25) is 4.79 Å². The Balaban J connectivity index is 2.21. The van der Waals surface area contributed by atoms with Crippen LogP contribution in [-0.4, -0.2) is 10.9 Å². The molecule has 1 aromatic carbocycles. The summed E-state index contributed by atoms with van der Waals surface area (Å²) in [6.07, 6.45) is 1.77. The van der Waals surface area contributed by atoms with Crippen LogP contribution in [0.1, 0.15) is 40.5 Å². The van der Waals surface area contributed by atoms with Crippen LogP contribution >= 0.6 is 11.6 Å². The number of aromatic nitrogens is 1. The van der Waals surface area contributed by atoms with Crippen molar-refractivity contribution < 1.29 is 4.79 Å². The zero-order chi connectivity index (χ0) is 15.4. The van der Waals surface area contributed by atoms with Gasteiger partial charge in [0.15, 0.2) is 0 Å². The number of anilines is 1. The minimum Gasteiger partial charge on any atom is -0.322 e. The van der Waals surface area contributed by atoms with Gasteiger partial charge in [0, 0.05) is 16.9 Å². The van der Waals surface area contributed by atoms with E-state index < -0.39 is 0 Å². The summed E-state index contributed by atoms with van der Waals surface area (Å²) in [5.41, 5.74) is 4.51. The highest BCUT2D eigenvalue weighted by molar-refractivity contribution is 6.29. The lowest BCUT2D eigenvalue weighted by Crippen LogP contribution is -2.13. The van der Waals surface area contributed by atoms with E-state index >= 15 is 0 Å². The van der Waals surface area contributed by atoms with E-state index in [2.05, 4.69) is 17.2 Å². The van der Waals surface area contributed by atoms with Crippen molar-refractivity contribution in [1.29, 1.82) is 0 Å². The molecule has 1 N–H and O–H groups in total. The number of carbonyl (C=O) groups excluding carboxylic acids is 1. The quantitative estimate of drug-likeness (QED) is 0.841. The fourth-order valence-electron chi connectivity index (χ4n) is 2.09. The van der Waals surface area contributed by atoms with E-state index in [0.29, 0.717) is 10.7 Å². The molecule has 2 rings (SSSR count). The Morgan fingerprint density at radius 3 is 2.62 bits per heavy atom. The number of hydrogen-bond acceptors (Lipinski definition) is 2. The van der Waals surface area contributed by atoms with E-state index in [4.69, 9.17) is 11.6 Å². The number of amides is 1. The van der Waals surface area contributed by atoms with E-state index in [0.717, 1.165) is 29.8 Å². The van der Waals surface area contributed by atoms with E-state index in [-0.39, 0.29) is 5.91 Å². The van der Waals surface area contributed by atoms with Crippen molar-refractivity contribution in [2.24, 2.45) is 0 Å². The second-order valence-corrected chi connectivity index (χ2v) is 5.56. The van der Waals surface area contributed by atoms with Gasteiger partial charge in [-0.2, -0.15) is 0 Å². The molecule has 4 heteroatoms. The molecule has 1 amide bonds. The van der Waals surface area contributed by atoms with Gasteiger partial charge in [-0.05, 0) is 55.7 Å². The number of halogens is 1. The minimum absolute atomic E-state index is 0.167. The molecule has 0 aliphatic heterocycles. The summed E-state index contributed by atoms with van der Waals surface area (Å²) < 4.78 is 0. The summed E-state index contributed by atoms with van der Waals surface area (Å²) in [6, 6.07) is 9.24. The summed E-state index contributed by atoms with van der Waals surface area (Å²) in [6.45, 7) is 6.13. The molecule has 0 fully saturated rings. The molecular formula is C17H19ClN2O. The SMILES string of the molecule is CCCc1cc(C(=O)Nc2ccc(C)c(C)c2)cc(Cl)n1. The molecule has 0 aliphatic carbocycles. The smallest absolute Gasteiger partial charge is 0.255 e. The van der Waals surface area contributed by atoms with Crippen LogP contribution in [0.3, 0.4) is 0 Å². The maximum Gasteiger partial charge on any atom is 0.255 e. The second kappa shape index (κ2) is 6.72. The maximum absolute atomic E-state index is 12.3. The second-order valence-electron chi connectivity index (χ2n) is 5.17. The first-order valence-corrected chi connectivity index (χ1v) is 7.42. The van der Waals surface area contributed by atoms with E-state index in [1.165, 1.54) is 5.56 Å². The molecule has 0 saturated carbocycles. The number of carbonyl (C=O) groups is 1. The van der Waals surface area contributed by atoms with Crippen molar-refractivity contribution in [1.82, 2.24) is 4.98 Å². The number of pyridine rings is 1. The molecule has 0 spiro atoms. The molecule has 1 aromatic heterocycles. The lowest BCUT2D eigenvalue weighted by Gasteiger charge is -2.09. The molecule has 3 nitrogen and oxygen atoms in total. The largest absolute Gasteiger partial charge is 0.322 e. The summed E-state index contributed by atoms with van der Waals surface area (Å²) in [4.78, 5) is 16.5. The van der Waals surface area contributed by atoms with Gasteiger partial charge in [0.1, 0.15) is 5.15 Å². The van der Waals surface area contributed by atoms with Gasteiger partial charge >= 0.3 is 0 Å². The van der Waals surface area contributed by atoms with E-state index in [1.54, 1.807) is 12.1 Å². The van der Waals surface area contributed by atoms with E-state index in [1.807, 2.05) is 32.0 Å². The predicted molar refractivity (Wildman–Crippen MR) is 87.1 cm³/mol. The molecular weight excluding hydrogens is 284 g/mol. The third kappa shape index (κ3) is 4.05. The molecule has 0 radical (unpaired) electrons. The van der Waals surface area contributed by atoms with Gasteiger partial charge < -0.3 is 5.32 Å². The lowest BCUT2D eigenvalue weighted by molar-refractivity contribution is 0.102. The first-order chi connectivity index (χ1) is 9.99. The number of hydrogen-bond donors (Lipinski definition) is 1. The van der Waals surface area contributed by atoms with Crippen LogP contribution in [0, 0.1) is 13.8 Å². The third-order valence-corrected chi connectivity index (χ3v) is 3.57. The van der Waals surface area contributed by atoms with Crippen LogP contribution in [0.15, 0.2) is 30.3 Å². The van der Waals surface area contributed by atoms with Gasteiger partial charge in [-0.15, -0.1) is 0 Å². The van der Waals surface area contributed by atoms with Crippen LogP contribution in [0.25, 0.3) is 0 Å². The fourth-order valence-corrected chi connectivity index (χ4v) is 2.32. The molecule has 2 aromatic rings. The number of rotatable bonds is 4. The monoisotopic (exact) mass is 302 g/mol. The summed E-state index contributed by atoms with van der Waals surface area (Å²) >= 11 is 5.99. The van der Waals surface area contributed by atoms with Crippen LogP contribution in [0.5, 0.6) is 0 Å². The number of benzene rings is 1. The highest BCUT2D eigenvalue weighted by atomic mass is 35.5. The predicted octanol–water partition coefficient (Wildman–Crippen LogP) is 4.56.